The van der Waals surface area contributed by atoms with Crippen LogP contribution in [0.4, 0.5) is 5.69 Å². The fourth-order valence-corrected chi connectivity index (χ4v) is 4.02. The Balaban J connectivity index is 1.80. The van der Waals surface area contributed by atoms with Crippen LogP contribution in [0, 0.1) is 6.92 Å². The van der Waals surface area contributed by atoms with E-state index in [9.17, 15) is 14.7 Å². The van der Waals surface area contributed by atoms with E-state index in [-0.39, 0.29) is 41.8 Å². The topological polar surface area (TPSA) is 126 Å². The van der Waals surface area contributed by atoms with Crippen molar-refractivity contribution >= 4 is 11.6 Å². The minimum Gasteiger partial charge on any atom is -0.507 e. The number of fused-ring (bicyclic) bond motifs is 1. The van der Waals surface area contributed by atoms with Crippen molar-refractivity contribution in [1.29, 1.82) is 0 Å². The Morgan fingerprint density at radius 1 is 1.06 bits per heavy atom. The molecular weight excluding hydrogens is 458 g/mol. The van der Waals surface area contributed by atoms with Gasteiger partial charge in [-0.3, -0.25) is 4.79 Å². The molecule has 10 heteroatoms. The summed E-state index contributed by atoms with van der Waals surface area (Å²) < 4.78 is 32.5. The van der Waals surface area contributed by atoms with E-state index in [0.717, 1.165) is 0 Å². The summed E-state index contributed by atoms with van der Waals surface area (Å²) in [5, 5.41) is 13.5. The second-order valence-corrected chi connectivity index (χ2v) is 7.74. The number of benzene rings is 2. The van der Waals surface area contributed by atoms with E-state index in [0.29, 0.717) is 28.5 Å². The molecule has 184 valence electrons. The number of aryl methyl sites for hydroxylation is 1. The number of rotatable bonds is 8. The molecule has 0 spiro atoms. The number of hydrogen-bond acceptors (Lipinski definition) is 9. The molecule has 3 aromatic rings. The summed E-state index contributed by atoms with van der Waals surface area (Å²) in [7, 11) is 4.43. The van der Waals surface area contributed by atoms with Crippen molar-refractivity contribution < 1.29 is 38.0 Å². The second kappa shape index (κ2) is 9.88. The molecule has 4 rings (SSSR count). The lowest BCUT2D eigenvalue weighted by Crippen LogP contribution is -2.21. The van der Waals surface area contributed by atoms with Gasteiger partial charge in [-0.2, -0.15) is 0 Å². The predicted octanol–water partition coefficient (Wildman–Crippen LogP) is 3.57. The van der Waals surface area contributed by atoms with Crippen molar-refractivity contribution in [2.75, 3.05) is 33.4 Å². The number of amides is 1. The highest BCUT2D eigenvalue weighted by atomic mass is 16.7. The van der Waals surface area contributed by atoms with Gasteiger partial charge in [-0.25, -0.2) is 4.79 Å². The summed E-state index contributed by atoms with van der Waals surface area (Å²) in [4.78, 5) is 26.0. The van der Waals surface area contributed by atoms with Crippen LogP contribution in [-0.2, 0) is 4.79 Å². The number of anilines is 1. The van der Waals surface area contributed by atoms with Gasteiger partial charge in [-0.15, -0.1) is 0 Å². The molecule has 2 N–H and O–H groups in total. The van der Waals surface area contributed by atoms with Gasteiger partial charge in [0.2, 0.25) is 24.2 Å². The third-order valence-electron chi connectivity index (χ3n) is 5.59. The summed E-state index contributed by atoms with van der Waals surface area (Å²) >= 11 is 0. The van der Waals surface area contributed by atoms with E-state index in [1.54, 1.807) is 44.4 Å². The molecule has 0 fully saturated rings. The van der Waals surface area contributed by atoms with Crippen LogP contribution in [0.3, 0.4) is 0 Å². The molecule has 1 aliphatic heterocycles. The number of ether oxygens (including phenoxy) is 5. The Morgan fingerprint density at radius 2 is 1.77 bits per heavy atom. The molecule has 1 aromatic heterocycles. The smallest absolute Gasteiger partial charge is 0.343 e. The highest BCUT2D eigenvalue weighted by Crippen LogP contribution is 2.52. The Labute approximate surface area is 200 Å². The summed E-state index contributed by atoms with van der Waals surface area (Å²) in [6, 6.07) is 9.71. The largest absolute Gasteiger partial charge is 0.507 e. The Bertz CT molecular complexity index is 1300. The molecule has 2 aromatic carbocycles. The lowest BCUT2D eigenvalue weighted by molar-refractivity contribution is -0.116. The fourth-order valence-electron chi connectivity index (χ4n) is 4.02. The molecule has 0 bridgehead atoms. The standard InChI is InChI=1S/C25H25NO9/c1-13-9-18(27)21(25(29)35-13)16(11-20(28)26-14-5-7-15(30-2)8-6-14)17-10-19(31-3)23-24(22(17)32-4)34-12-33-23/h5-10,16,27H,11-12H2,1-4H3,(H,26,28)/t16-/m1/s1. The zero-order chi connectivity index (χ0) is 25.1. The second-order valence-electron chi connectivity index (χ2n) is 7.74. The summed E-state index contributed by atoms with van der Waals surface area (Å²) in [5.74, 6) is 0.368. The van der Waals surface area contributed by atoms with E-state index in [1.807, 2.05) is 0 Å². The van der Waals surface area contributed by atoms with Gasteiger partial charge in [-0.05, 0) is 37.3 Å². The van der Waals surface area contributed by atoms with Gasteiger partial charge in [0.15, 0.2) is 11.5 Å². The van der Waals surface area contributed by atoms with E-state index >= 15 is 0 Å². The molecule has 0 radical (unpaired) electrons. The normalized spacial score (nSPS) is 12.7. The SMILES string of the molecule is COc1ccc(NC(=O)C[C@H](c2cc(OC)c3c(c2OC)OCO3)c2c(O)cc(C)oc2=O)cc1. The fraction of sp³-hybridized carbons (Fsp3) is 0.280. The molecule has 1 atom stereocenters. The third kappa shape index (κ3) is 4.68. The van der Waals surface area contributed by atoms with Gasteiger partial charge >= 0.3 is 5.63 Å². The minimum absolute atomic E-state index is 0.0496. The molecule has 0 aliphatic carbocycles. The molecule has 1 amide bonds. The van der Waals surface area contributed by atoms with Crippen molar-refractivity contribution in [3.63, 3.8) is 0 Å². The van der Waals surface area contributed by atoms with Gasteiger partial charge < -0.3 is 38.5 Å². The highest BCUT2D eigenvalue weighted by Gasteiger charge is 2.34. The zero-order valence-corrected chi connectivity index (χ0v) is 19.7. The zero-order valence-electron chi connectivity index (χ0n) is 19.7. The van der Waals surface area contributed by atoms with Crippen molar-refractivity contribution in [2.45, 2.75) is 19.3 Å². The average Bonchev–Trinajstić information content (AvgIpc) is 3.32. The number of carbonyl (C=O) groups excluding carboxylic acids is 1. The van der Waals surface area contributed by atoms with E-state index in [1.165, 1.54) is 20.3 Å². The van der Waals surface area contributed by atoms with Gasteiger partial charge in [0.25, 0.3) is 0 Å². The van der Waals surface area contributed by atoms with Gasteiger partial charge in [-0.1, -0.05) is 0 Å². The van der Waals surface area contributed by atoms with Crippen LogP contribution >= 0.6 is 0 Å². The molecule has 1 aliphatic rings. The van der Waals surface area contributed by atoms with E-state index < -0.39 is 17.5 Å². The lowest BCUT2D eigenvalue weighted by Gasteiger charge is -2.22. The van der Waals surface area contributed by atoms with Gasteiger partial charge in [0.05, 0.1) is 26.9 Å². The maximum Gasteiger partial charge on any atom is 0.343 e. The average molecular weight is 483 g/mol. The molecule has 35 heavy (non-hydrogen) atoms. The minimum atomic E-state index is -0.969. The van der Waals surface area contributed by atoms with Crippen LogP contribution < -0.4 is 34.6 Å². The van der Waals surface area contributed by atoms with E-state index in [4.69, 9.17) is 28.1 Å². The summed E-state index contributed by atoms with van der Waals surface area (Å²) in [6.45, 7) is 1.49. The van der Waals surface area contributed by atoms with Crippen LogP contribution in [0.2, 0.25) is 0 Å². The predicted molar refractivity (Wildman–Crippen MR) is 125 cm³/mol. The van der Waals surface area contributed by atoms with Gasteiger partial charge in [0, 0.05) is 29.7 Å². The van der Waals surface area contributed by atoms with Crippen LogP contribution in [0.15, 0.2) is 45.6 Å². The molecule has 0 saturated heterocycles. The van der Waals surface area contributed by atoms with Crippen molar-refractivity contribution in [2.24, 2.45) is 0 Å². The molecule has 10 nitrogen and oxygen atoms in total. The highest BCUT2D eigenvalue weighted by molar-refractivity contribution is 5.92. The van der Waals surface area contributed by atoms with Crippen LogP contribution in [0.25, 0.3) is 0 Å². The number of hydrogen-bond donors (Lipinski definition) is 2. The number of carbonyl (C=O) groups is 1. The van der Waals surface area contributed by atoms with E-state index in [2.05, 4.69) is 5.32 Å². The summed E-state index contributed by atoms with van der Waals surface area (Å²) in [5.41, 5.74) is 0.0398. The first-order valence-electron chi connectivity index (χ1n) is 10.7. The first-order valence-corrected chi connectivity index (χ1v) is 10.7. The molecule has 0 unspecified atom stereocenters. The maximum atomic E-state index is 13.1. The first-order chi connectivity index (χ1) is 16.9. The van der Waals surface area contributed by atoms with Crippen LogP contribution in [0.5, 0.6) is 34.5 Å². The lowest BCUT2D eigenvalue weighted by atomic mass is 9.87. The molecule has 2 heterocycles. The summed E-state index contributed by atoms with van der Waals surface area (Å²) in [6.07, 6.45) is -0.230. The Kier molecular flexibility index (Phi) is 6.72. The number of methoxy groups -OCH3 is 3. The van der Waals surface area contributed by atoms with Crippen molar-refractivity contribution in [1.82, 2.24) is 0 Å². The Morgan fingerprint density at radius 3 is 2.40 bits per heavy atom. The first kappa shape index (κ1) is 23.8. The van der Waals surface area contributed by atoms with Crippen LogP contribution in [-0.4, -0.2) is 39.1 Å². The van der Waals surface area contributed by atoms with Crippen molar-refractivity contribution in [3.8, 4) is 34.5 Å². The number of nitrogens with one attached hydrogen (secondary N) is 1. The van der Waals surface area contributed by atoms with Crippen molar-refractivity contribution in [3.05, 3.63) is 63.7 Å². The Hall–Kier alpha value is -4.34. The number of aromatic hydroxyl groups is 1. The molecular formula is C25H25NO9. The quantitative estimate of drug-likeness (QED) is 0.494. The van der Waals surface area contributed by atoms with Crippen LogP contribution in [0.1, 0.15) is 29.2 Å². The molecule has 0 saturated carbocycles. The monoisotopic (exact) mass is 483 g/mol. The van der Waals surface area contributed by atoms with Gasteiger partial charge in [0.1, 0.15) is 17.3 Å². The maximum absolute atomic E-state index is 13.1. The third-order valence-corrected chi connectivity index (χ3v) is 5.59.